The van der Waals surface area contributed by atoms with Crippen molar-refractivity contribution in [2.24, 2.45) is 10.8 Å². The number of hydrogen-bond donors (Lipinski definition) is 2. The zero-order chi connectivity index (χ0) is 20.3. The van der Waals surface area contributed by atoms with Crippen LogP contribution >= 0.6 is 0 Å². The lowest BCUT2D eigenvalue weighted by Crippen LogP contribution is -2.51. The lowest BCUT2D eigenvalue weighted by molar-refractivity contribution is -0.129. The molecular weight excluding hydrogens is 312 g/mol. The fourth-order valence-electron chi connectivity index (χ4n) is 2.72. The largest absolute Gasteiger partial charge is 0.305 e. The Labute approximate surface area is 155 Å². The minimum Gasteiger partial charge on any atom is -0.305 e. The van der Waals surface area contributed by atoms with Crippen molar-refractivity contribution in [3.63, 3.8) is 0 Å². The van der Waals surface area contributed by atoms with Crippen LogP contribution in [0.1, 0.15) is 89.0 Å². The van der Waals surface area contributed by atoms with Crippen molar-refractivity contribution in [2.45, 2.75) is 106 Å². The van der Waals surface area contributed by atoms with Crippen LogP contribution in [0.3, 0.4) is 0 Å². The summed E-state index contributed by atoms with van der Waals surface area (Å²) in [6.07, 6.45) is 1.62. The molecule has 0 heterocycles. The Morgan fingerprint density at radius 3 is 1.72 bits per heavy atom. The summed E-state index contributed by atoms with van der Waals surface area (Å²) in [6, 6.07) is -0.198. The minimum atomic E-state index is -0.380. The summed E-state index contributed by atoms with van der Waals surface area (Å²) in [5, 5.41) is 6.73. The van der Waals surface area contributed by atoms with Crippen molar-refractivity contribution in [1.29, 1.82) is 0 Å². The molecule has 148 valence electrons. The van der Waals surface area contributed by atoms with Crippen LogP contribution in [0.25, 0.3) is 0 Å². The molecule has 0 aromatic rings. The number of rotatable bonds is 9. The lowest BCUT2D eigenvalue weighted by atomic mass is 9.79. The zero-order valence-electron chi connectivity index (χ0n) is 18.5. The van der Waals surface area contributed by atoms with Crippen molar-refractivity contribution in [3.8, 4) is 0 Å². The molecule has 0 rings (SSSR count). The van der Waals surface area contributed by atoms with Gasteiger partial charge in [-0.1, -0.05) is 34.6 Å². The average Bonchev–Trinajstić information content (AvgIpc) is 2.39. The van der Waals surface area contributed by atoms with Gasteiger partial charge in [-0.25, -0.2) is 0 Å². The van der Waals surface area contributed by atoms with Crippen LogP contribution < -0.4 is 10.6 Å². The standard InChI is InChI=1S/C21H42N2O2/c1-15(17(25)18(2,3)4)23-21(10,11)13-12-20(8,9)16(24)14-22-19(5,6)7/h15,22-23H,12-14H2,1-11H3. The molecule has 1 unspecified atom stereocenters. The van der Waals surface area contributed by atoms with E-state index in [1.165, 1.54) is 0 Å². The molecule has 0 radical (unpaired) electrons. The van der Waals surface area contributed by atoms with E-state index >= 15 is 0 Å². The molecule has 0 amide bonds. The fraction of sp³-hybridized carbons (Fsp3) is 0.905. The quantitative estimate of drug-likeness (QED) is 0.654. The molecule has 0 fully saturated rings. The maximum absolute atomic E-state index is 12.6. The van der Waals surface area contributed by atoms with E-state index in [9.17, 15) is 9.59 Å². The van der Waals surface area contributed by atoms with E-state index in [-0.39, 0.29) is 39.5 Å². The third kappa shape index (κ3) is 9.50. The number of hydrogen-bond acceptors (Lipinski definition) is 4. The second-order valence-electron chi connectivity index (χ2n) is 10.8. The first-order chi connectivity index (χ1) is 10.9. The molecule has 25 heavy (non-hydrogen) atoms. The Kier molecular flexibility index (Phi) is 8.06. The van der Waals surface area contributed by atoms with Gasteiger partial charge < -0.3 is 10.6 Å². The zero-order valence-corrected chi connectivity index (χ0v) is 18.5. The van der Waals surface area contributed by atoms with Gasteiger partial charge in [0.25, 0.3) is 0 Å². The van der Waals surface area contributed by atoms with Gasteiger partial charge in [-0.2, -0.15) is 0 Å². The van der Waals surface area contributed by atoms with Gasteiger partial charge in [0, 0.05) is 21.9 Å². The number of carbonyl (C=O) groups is 2. The molecule has 0 spiro atoms. The van der Waals surface area contributed by atoms with Gasteiger partial charge in [-0.15, -0.1) is 0 Å². The second kappa shape index (κ2) is 8.30. The van der Waals surface area contributed by atoms with Crippen LogP contribution in [0.4, 0.5) is 0 Å². The molecule has 1 atom stereocenters. The summed E-state index contributed by atoms with van der Waals surface area (Å²) in [5.74, 6) is 0.447. The normalized spacial score (nSPS) is 15.2. The Morgan fingerprint density at radius 2 is 1.32 bits per heavy atom. The minimum absolute atomic E-state index is 0.0602. The summed E-state index contributed by atoms with van der Waals surface area (Å²) in [5.41, 5.74) is -0.991. The van der Waals surface area contributed by atoms with E-state index < -0.39 is 0 Å². The monoisotopic (exact) mass is 354 g/mol. The van der Waals surface area contributed by atoms with Gasteiger partial charge in [0.05, 0.1) is 12.6 Å². The van der Waals surface area contributed by atoms with Crippen molar-refractivity contribution >= 4 is 11.6 Å². The van der Waals surface area contributed by atoms with Crippen LogP contribution in [0.5, 0.6) is 0 Å². The highest BCUT2D eigenvalue weighted by Crippen LogP contribution is 2.28. The Bertz CT molecular complexity index is 465. The number of ketones is 2. The first kappa shape index (κ1) is 24.3. The molecule has 4 nitrogen and oxygen atoms in total. The molecular formula is C21H42N2O2. The summed E-state index contributed by atoms with van der Waals surface area (Å²) < 4.78 is 0. The summed E-state index contributed by atoms with van der Waals surface area (Å²) in [4.78, 5) is 25.0. The van der Waals surface area contributed by atoms with Crippen LogP contribution in [-0.4, -0.2) is 35.2 Å². The average molecular weight is 355 g/mol. The third-order valence-electron chi connectivity index (χ3n) is 4.65. The first-order valence-corrected chi connectivity index (χ1v) is 9.48. The van der Waals surface area contributed by atoms with Crippen molar-refractivity contribution in [2.75, 3.05) is 6.54 Å². The van der Waals surface area contributed by atoms with E-state index in [0.717, 1.165) is 12.8 Å². The molecule has 0 aromatic carbocycles. The molecule has 0 bridgehead atoms. The maximum Gasteiger partial charge on any atom is 0.154 e. The molecule has 4 heteroatoms. The predicted molar refractivity (Wildman–Crippen MR) is 107 cm³/mol. The van der Waals surface area contributed by atoms with Crippen LogP contribution in [0.15, 0.2) is 0 Å². The van der Waals surface area contributed by atoms with Crippen molar-refractivity contribution in [1.82, 2.24) is 10.6 Å². The summed E-state index contributed by atoms with van der Waals surface area (Å²) >= 11 is 0. The van der Waals surface area contributed by atoms with Gasteiger partial charge in [0.1, 0.15) is 0 Å². The highest BCUT2D eigenvalue weighted by Gasteiger charge is 2.33. The molecule has 0 aliphatic heterocycles. The number of carbonyl (C=O) groups excluding carboxylic acids is 2. The van der Waals surface area contributed by atoms with Gasteiger partial charge in [0.2, 0.25) is 0 Å². The SMILES string of the molecule is CC(NC(C)(C)CCC(C)(C)C(=O)CNC(C)(C)C)C(=O)C(C)(C)C. The Morgan fingerprint density at radius 1 is 0.840 bits per heavy atom. The molecule has 0 aliphatic carbocycles. The third-order valence-corrected chi connectivity index (χ3v) is 4.65. The highest BCUT2D eigenvalue weighted by molar-refractivity contribution is 5.88. The van der Waals surface area contributed by atoms with Crippen LogP contribution in [0, 0.1) is 10.8 Å². The predicted octanol–water partition coefficient (Wildman–Crippen LogP) is 4.12. The maximum atomic E-state index is 12.6. The molecule has 2 N–H and O–H groups in total. The van der Waals surface area contributed by atoms with Gasteiger partial charge in [-0.05, 0) is 54.4 Å². The van der Waals surface area contributed by atoms with E-state index in [1.54, 1.807) is 0 Å². The van der Waals surface area contributed by atoms with Gasteiger partial charge >= 0.3 is 0 Å². The molecule has 0 aromatic heterocycles. The second-order valence-corrected chi connectivity index (χ2v) is 10.8. The first-order valence-electron chi connectivity index (χ1n) is 9.48. The number of Topliss-reactive ketones (excluding diaryl/α,β-unsaturated/α-hetero) is 2. The summed E-state index contributed by atoms with van der Waals surface area (Å²) in [6.45, 7) is 22.6. The Balaban J connectivity index is 4.70. The van der Waals surface area contributed by atoms with E-state index in [4.69, 9.17) is 0 Å². The smallest absolute Gasteiger partial charge is 0.154 e. The van der Waals surface area contributed by atoms with Crippen LogP contribution in [-0.2, 0) is 9.59 Å². The molecule has 0 saturated carbocycles. The fourth-order valence-corrected chi connectivity index (χ4v) is 2.72. The van der Waals surface area contributed by atoms with Gasteiger partial charge in [-0.3, -0.25) is 9.59 Å². The number of nitrogens with one attached hydrogen (secondary N) is 2. The van der Waals surface area contributed by atoms with E-state index in [0.29, 0.717) is 6.54 Å². The van der Waals surface area contributed by atoms with Crippen LogP contribution in [0.2, 0.25) is 0 Å². The van der Waals surface area contributed by atoms with Gasteiger partial charge in [0.15, 0.2) is 11.6 Å². The Hall–Kier alpha value is -0.740. The lowest BCUT2D eigenvalue weighted by Gasteiger charge is -2.35. The topological polar surface area (TPSA) is 58.2 Å². The van der Waals surface area contributed by atoms with Crippen molar-refractivity contribution < 1.29 is 9.59 Å². The van der Waals surface area contributed by atoms with Crippen molar-refractivity contribution in [3.05, 3.63) is 0 Å². The molecule has 0 aliphatic rings. The molecule has 0 saturated heterocycles. The highest BCUT2D eigenvalue weighted by atomic mass is 16.1. The van der Waals surface area contributed by atoms with E-state index in [1.807, 2.05) is 41.5 Å². The van der Waals surface area contributed by atoms with E-state index in [2.05, 4.69) is 45.3 Å². The summed E-state index contributed by atoms with van der Waals surface area (Å²) in [7, 11) is 0.